The molecule has 1 aliphatic heterocycles. The monoisotopic (exact) mass is 394 g/mol. The Kier molecular flexibility index (Phi) is 5.04. The third-order valence-corrected chi connectivity index (χ3v) is 4.89. The molecular weight excluding hydrogens is 376 g/mol. The molecule has 0 bridgehead atoms. The van der Waals surface area contributed by atoms with Crippen LogP contribution >= 0.6 is 11.6 Å². The minimum Gasteiger partial charge on any atom is -0.495 e. The van der Waals surface area contributed by atoms with Gasteiger partial charge in [0.25, 0.3) is 0 Å². The van der Waals surface area contributed by atoms with Crippen molar-refractivity contribution in [1.82, 2.24) is 4.57 Å². The summed E-state index contributed by atoms with van der Waals surface area (Å²) in [7, 11) is 1.55. The molecule has 1 N–H and O–H groups in total. The minimum absolute atomic E-state index is 0.165. The molecule has 7 heteroatoms. The molecule has 0 spiro atoms. The zero-order valence-corrected chi connectivity index (χ0v) is 16.0. The van der Waals surface area contributed by atoms with Crippen molar-refractivity contribution in [3.63, 3.8) is 0 Å². The molecule has 2 aromatic carbocycles. The van der Waals surface area contributed by atoms with Crippen LogP contribution < -0.4 is 15.1 Å². The first-order chi connectivity index (χ1) is 13.7. The number of hydrogen-bond acceptors (Lipinski definition) is 4. The van der Waals surface area contributed by atoms with Gasteiger partial charge in [-0.05, 0) is 42.5 Å². The van der Waals surface area contributed by atoms with Crippen LogP contribution in [-0.2, 0) is 4.79 Å². The number of para-hydroxylation sites is 1. The van der Waals surface area contributed by atoms with Gasteiger partial charge in [-0.15, -0.1) is 0 Å². The van der Waals surface area contributed by atoms with Gasteiger partial charge in [-0.25, -0.2) is 5.01 Å². The first-order valence-corrected chi connectivity index (χ1v) is 9.20. The van der Waals surface area contributed by atoms with Crippen LogP contribution in [0.2, 0.25) is 5.02 Å². The molecule has 6 nitrogen and oxygen atoms in total. The molecule has 1 aliphatic rings. The predicted molar refractivity (Wildman–Crippen MR) is 111 cm³/mol. The standard InChI is InChI=1S/C21H19ClN4O2/c1-28-19-10-9-15(13-18(19)22)24-20(27)17-14-23-26(16-7-3-2-4-8-16)21(17)25-11-5-6-12-25/h2-14,17,21H,1H3,(H,24,27)/t17-,21+/m0/s1. The first-order valence-electron chi connectivity index (χ1n) is 8.82. The van der Waals surface area contributed by atoms with Gasteiger partial charge >= 0.3 is 0 Å². The van der Waals surface area contributed by atoms with Crippen LogP contribution in [0.1, 0.15) is 6.17 Å². The largest absolute Gasteiger partial charge is 0.495 e. The molecule has 1 aromatic heterocycles. The van der Waals surface area contributed by atoms with Gasteiger partial charge in [-0.2, -0.15) is 5.10 Å². The van der Waals surface area contributed by atoms with Crippen molar-refractivity contribution in [2.45, 2.75) is 6.17 Å². The molecular formula is C21H19ClN4O2. The van der Waals surface area contributed by atoms with E-state index in [4.69, 9.17) is 16.3 Å². The number of nitrogens with one attached hydrogen (secondary N) is 1. The van der Waals surface area contributed by atoms with E-state index < -0.39 is 5.92 Å². The summed E-state index contributed by atoms with van der Waals surface area (Å²) in [6, 6.07) is 18.8. The van der Waals surface area contributed by atoms with E-state index >= 15 is 0 Å². The molecule has 28 heavy (non-hydrogen) atoms. The molecule has 3 aromatic rings. The predicted octanol–water partition coefficient (Wildman–Crippen LogP) is 4.41. The number of hydrogen-bond donors (Lipinski definition) is 1. The number of halogens is 1. The molecule has 0 aliphatic carbocycles. The number of ether oxygens (including phenoxy) is 1. The van der Waals surface area contributed by atoms with E-state index in [0.29, 0.717) is 16.5 Å². The maximum absolute atomic E-state index is 13.0. The van der Waals surface area contributed by atoms with Crippen molar-refractivity contribution in [2.24, 2.45) is 11.0 Å². The maximum Gasteiger partial charge on any atom is 0.237 e. The van der Waals surface area contributed by atoms with Crippen LogP contribution in [0.5, 0.6) is 5.75 Å². The van der Waals surface area contributed by atoms with Crippen molar-refractivity contribution in [2.75, 3.05) is 17.4 Å². The van der Waals surface area contributed by atoms with Crippen LogP contribution in [0, 0.1) is 5.92 Å². The quantitative estimate of drug-likeness (QED) is 0.697. The van der Waals surface area contributed by atoms with Crippen LogP contribution in [0.3, 0.4) is 0 Å². The fourth-order valence-electron chi connectivity index (χ4n) is 3.25. The van der Waals surface area contributed by atoms with Crippen LogP contribution in [0.15, 0.2) is 78.2 Å². The lowest BCUT2D eigenvalue weighted by Gasteiger charge is -2.28. The van der Waals surface area contributed by atoms with Crippen molar-refractivity contribution in [3.8, 4) is 5.75 Å². The summed E-state index contributed by atoms with van der Waals surface area (Å²) in [5.74, 6) is -0.0850. The molecule has 142 valence electrons. The molecule has 0 radical (unpaired) electrons. The maximum atomic E-state index is 13.0. The normalized spacial score (nSPS) is 18.3. The van der Waals surface area contributed by atoms with E-state index in [1.807, 2.05) is 64.4 Å². The summed E-state index contributed by atoms with van der Waals surface area (Å²) in [4.78, 5) is 13.0. The molecule has 0 fully saturated rings. The average Bonchev–Trinajstić information content (AvgIpc) is 3.38. The molecule has 0 saturated heterocycles. The molecule has 0 unspecified atom stereocenters. The lowest BCUT2D eigenvalue weighted by atomic mass is 10.1. The highest BCUT2D eigenvalue weighted by Crippen LogP contribution is 2.34. The zero-order chi connectivity index (χ0) is 19.5. The van der Waals surface area contributed by atoms with Gasteiger partial charge in [-0.1, -0.05) is 29.8 Å². The number of carbonyl (C=O) groups is 1. The topological polar surface area (TPSA) is 58.9 Å². The number of carbonyl (C=O) groups excluding carboxylic acids is 1. The molecule has 0 saturated carbocycles. The van der Waals surface area contributed by atoms with E-state index in [-0.39, 0.29) is 12.1 Å². The molecule has 4 rings (SSSR count). The highest BCUT2D eigenvalue weighted by Gasteiger charge is 2.37. The number of aromatic nitrogens is 1. The van der Waals surface area contributed by atoms with E-state index in [2.05, 4.69) is 10.4 Å². The highest BCUT2D eigenvalue weighted by atomic mass is 35.5. The number of benzene rings is 2. The molecule has 2 heterocycles. The number of hydrazone groups is 1. The Hall–Kier alpha value is -3.25. The van der Waals surface area contributed by atoms with Crippen molar-refractivity contribution in [3.05, 3.63) is 78.1 Å². The SMILES string of the molecule is COc1ccc(NC(=O)[C@@H]2C=NN(c3ccccc3)[C@H]2n2cccc2)cc1Cl. The summed E-state index contributed by atoms with van der Waals surface area (Å²) in [5, 5.41) is 9.73. The lowest BCUT2D eigenvalue weighted by molar-refractivity contribution is -0.118. The van der Waals surface area contributed by atoms with E-state index in [0.717, 1.165) is 5.69 Å². The number of anilines is 2. The van der Waals surface area contributed by atoms with Crippen molar-refractivity contribution < 1.29 is 9.53 Å². The summed E-state index contributed by atoms with van der Waals surface area (Å²) < 4.78 is 7.14. The smallest absolute Gasteiger partial charge is 0.237 e. The number of rotatable bonds is 5. The van der Waals surface area contributed by atoms with Gasteiger partial charge in [0.05, 0.1) is 17.8 Å². The third kappa shape index (κ3) is 3.46. The number of amides is 1. The van der Waals surface area contributed by atoms with Crippen molar-refractivity contribution in [1.29, 1.82) is 0 Å². The number of nitrogens with zero attached hydrogens (tertiary/aromatic N) is 3. The molecule has 1 amide bonds. The second-order valence-electron chi connectivity index (χ2n) is 6.35. The average molecular weight is 395 g/mol. The van der Waals surface area contributed by atoms with E-state index in [1.165, 1.54) is 0 Å². The van der Waals surface area contributed by atoms with E-state index in [1.54, 1.807) is 31.5 Å². The fraction of sp³-hybridized carbons (Fsp3) is 0.143. The summed E-state index contributed by atoms with van der Waals surface area (Å²) in [6.07, 6.45) is 5.24. The van der Waals surface area contributed by atoms with Gasteiger partial charge in [0.1, 0.15) is 17.8 Å². The minimum atomic E-state index is -0.478. The summed E-state index contributed by atoms with van der Waals surface area (Å²) >= 11 is 6.17. The zero-order valence-electron chi connectivity index (χ0n) is 15.2. The Morgan fingerprint density at radius 3 is 2.54 bits per heavy atom. The van der Waals surface area contributed by atoms with Crippen LogP contribution in [0.4, 0.5) is 11.4 Å². The Labute approximate surface area is 168 Å². The Morgan fingerprint density at radius 1 is 1.11 bits per heavy atom. The second kappa shape index (κ2) is 7.78. The molecule has 2 atom stereocenters. The lowest BCUT2D eigenvalue weighted by Crippen LogP contribution is -2.35. The Bertz CT molecular complexity index is 989. The highest BCUT2D eigenvalue weighted by molar-refractivity contribution is 6.32. The third-order valence-electron chi connectivity index (χ3n) is 4.60. The van der Waals surface area contributed by atoms with Gasteiger partial charge in [-0.3, -0.25) is 4.79 Å². The summed E-state index contributed by atoms with van der Waals surface area (Å²) in [5.41, 5.74) is 1.52. The second-order valence-corrected chi connectivity index (χ2v) is 6.76. The Morgan fingerprint density at radius 2 is 1.86 bits per heavy atom. The van der Waals surface area contributed by atoms with Crippen LogP contribution in [0.25, 0.3) is 0 Å². The van der Waals surface area contributed by atoms with Gasteiger partial charge in [0, 0.05) is 24.3 Å². The van der Waals surface area contributed by atoms with Crippen LogP contribution in [-0.4, -0.2) is 23.8 Å². The fourth-order valence-corrected chi connectivity index (χ4v) is 3.51. The van der Waals surface area contributed by atoms with Gasteiger partial charge in [0.15, 0.2) is 0 Å². The Balaban J connectivity index is 1.60. The van der Waals surface area contributed by atoms with Gasteiger partial charge < -0.3 is 14.6 Å². The van der Waals surface area contributed by atoms with Crippen molar-refractivity contribution >= 4 is 35.1 Å². The number of methoxy groups -OCH3 is 1. The van der Waals surface area contributed by atoms with Gasteiger partial charge in [0.2, 0.25) is 5.91 Å². The first kappa shape index (κ1) is 18.1. The summed E-state index contributed by atoms with van der Waals surface area (Å²) in [6.45, 7) is 0. The van der Waals surface area contributed by atoms with E-state index in [9.17, 15) is 4.79 Å².